The van der Waals surface area contributed by atoms with Crippen LogP contribution in [0.25, 0.3) is 22.6 Å². The zero-order valence-electron chi connectivity index (χ0n) is 20.3. The van der Waals surface area contributed by atoms with Gasteiger partial charge in [-0.3, -0.25) is 9.59 Å². The van der Waals surface area contributed by atoms with Crippen LogP contribution >= 0.6 is 0 Å². The van der Waals surface area contributed by atoms with Gasteiger partial charge in [-0.15, -0.1) is 0 Å². The largest absolute Gasteiger partial charge is 0.497 e. The van der Waals surface area contributed by atoms with Crippen molar-refractivity contribution in [3.8, 4) is 28.4 Å². The third-order valence-corrected chi connectivity index (χ3v) is 7.24. The minimum atomic E-state index is -0.294. The molecule has 182 valence electrons. The summed E-state index contributed by atoms with van der Waals surface area (Å²) in [5.74, 6) is 1.40. The number of amides is 1. The molecule has 0 saturated carbocycles. The molecule has 0 spiro atoms. The number of aryl methyl sites for hydroxylation is 2. The van der Waals surface area contributed by atoms with Gasteiger partial charge in [-0.25, -0.2) is 4.98 Å². The molecule has 6 rings (SSSR count). The van der Waals surface area contributed by atoms with Crippen molar-refractivity contribution in [2.24, 2.45) is 0 Å². The number of nitrogens with zero attached hydrogens (tertiary/aromatic N) is 3. The summed E-state index contributed by atoms with van der Waals surface area (Å²) in [5.41, 5.74) is 5.75. The lowest BCUT2D eigenvalue weighted by Gasteiger charge is -2.30. The minimum absolute atomic E-state index is 0.227. The number of ether oxygens (including phenoxy) is 1. The number of methoxy groups -OCH3 is 1. The first-order chi connectivity index (χ1) is 17.6. The van der Waals surface area contributed by atoms with E-state index in [1.54, 1.807) is 12.0 Å². The van der Waals surface area contributed by atoms with Crippen LogP contribution in [-0.2, 0) is 25.9 Å². The van der Waals surface area contributed by atoms with Gasteiger partial charge in [-0.1, -0.05) is 42.5 Å². The summed E-state index contributed by atoms with van der Waals surface area (Å²) in [6.07, 6.45) is 3.93. The van der Waals surface area contributed by atoms with Gasteiger partial charge in [0.2, 0.25) is 0 Å². The summed E-state index contributed by atoms with van der Waals surface area (Å²) in [6, 6.07) is 19.7. The molecule has 36 heavy (non-hydrogen) atoms. The molecule has 1 aliphatic carbocycles. The number of H-pyrrole nitrogens is 1. The van der Waals surface area contributed by atoms with Crippen molar-refractivity contribution in [2.75, 3.05) is 13.7 Å². The van der Waals surface area contributed by atoms with Crippen LogP contribution in [0.15, 0.2) is 65.5 Å². The number of aromatic nitrogens is 3. The highest BCUT2D eigenvalue weighted by atomic mass is 16.5. The summed E-state index contributed by atoms with van der Waals surface area (Å²) >= 11 is 0. The molecule has 4 aromatic rings. The predicted molar refractivity (Wildman–Crippen MR) is 138 cm³/mol. The topological polar surface area (TPSA) is 80.2 Å². The Kier molecular flexibility index (Phi) is 5.68. The molecule has 0 radical (unpaired) electrons. The van der Waals surface area contributed by atoms with E-state index in [-0.39, 0.29) is 17.0 Å². The summed E-state index contributed by atoms with van der Waals surface area (Å²) < 4.78 is 7.65. The highest BCUT2D eigenvalue weighted by Gasteiger charge is 2.30. The molecule has 0 atom stereocenters. The minimum Gasteiger partial charge on any atom is -0.497 e. The number of fused-ring (bicyclic) bond motifs is 2. The average Bonchev–Trinajstić information content (AvgIpc) is 3.32. The number of benzene rings is 2. The van der Waals surface area contributed by atoms with Crippen LogP contribution in [0.1, 0.15) is 40.2 Å². The van der Waals surface area contributed by atoms with Gasteiger partial charge in [0.15, 0.2) is 0 Å². The number of carbonyl (C=O) groups is 1. The van der Waals surface area contributed by atoms with Crippen LogP contribution in [-0.4, -0.2) is 39.0 Å². The molecule has 1 amide bonds. The lowest BCUT2D eigenvalue weighted by atomic mass is 9.95. The third-order valence-electron chi connectivity index (χ3n) is 7.24. The van der Waals surface area contributed by atoms with Crippen LogP contribution in [0, 0.1) is 0 Å². The van der Waals surface area contributed by atoms with Crippen LogP contribution < -0.4 is 10.3 Å². The maximum atomic E-state index is 13.6. The van der Waals surface area contributed by atoms with Crippen molar-refractivity contribution >= 4 is 5.91 Å². The normalized spacial score (nSPS) is 14.8. The van der Waals surface area contributed by atoms with E-state index in [2.05, 4.69) is 21.7 Å². The Morgan fingerprint density at radius 2 is 1.78 bits per heavy atom. The molecular formula is C29H28N4O3. The molecule has 7 nitrogen and oxygen atoms in total. The Balaban J connectivity index is 1.41. The Morgan fingerprint density at radius 3 is 2.61 bits per heavy atom. The van der Waals surface area contributed by atoms with E-state index >= 15 is 0 Å². The number of hydrogen-bond donors (Lipinski definition) is 1. The fourth-order valence-electron chi connectivity index (χ4n) is 5.35. The zero-order chi connectivity index (χ0) is 24.6. The highest BCUT2D eigenvalue weighted by molar-refractivity contribution is 5.94. The van der Waals surface area contributed by atoms with Gasteiger partial charge < -0.3 is 19.2 Å². The Morgan fingerprint density at radius 1 is 0.972 bits per heavy atom. The first kappa shape index (κ1) is 22.3. The summed E-state index contributed by atoms with van der Waals surface area (Å²) in [6.45, 7) is 1.49. The van der Waals surface area contributed by atoms with E-state index in [1.165, 1.54) is 0 Å². The second-order valence-electron chi connectivity index (χ2n) is 9.43. The number of aromatic amines is 1. The molecule has 2 aromatic heterocycles. The fraction of sp³-hybridized carbons (Fsp3) is 0.276. The zero-order valence-corrected chi connectivity index (χ0v) is 20.3. The molecule has 2 aromatic carbocycles. The second kappa shape index (κ2) is 9.15. The van der Waals surface area contributed by atoms with Crippen LogP contribution in [0.3, 0.4) is 0 Å². The Labute approximate surface area is 209 Å². The molecule has 1 aliphatic heterocycles. The monoisotopic (exact) mass is 480 g/mol. The molecule has 2 aliphatic rings. The molecule has 1 N–H and O–H groups in total. The average molecular weight is 481 g/mol. The van der Waals surface area contributed by atoms with Crippen molar-refractivity contribution in [3.05, 3.63) is 93.5 Å². The van der Waals surface area contributed by atoms with Crippen molar-refractivity contribution in [1.82, 2.24) is 19.4 Å². The second-order valence-corrected chi connectivity index (χ2v) is 9.43. The molecule has 0 unspecified atom stereocenters. The lowest BCUT2D eigenvalue weighted by molar-refractivity contribution is 0.0710. The van der Waals surface area contributed by atoms with E-state index < -0.39 is 0 Å². The standard InChI is InChI=1S/C29H28N4O3/c1-36-22-12-7-11-21(16-22)26-25-18-32(14-15-33(25)27(31-26)19-8-3-2-4-9-19)29(35)23-17-20-10-5-6-13-24(20)30-28(23)34/h2-4,7-9,11-12,16-17H,5-6,10,13-15,18H2,1H3,(H,30,34). The predicted octanol–water partition coefficient (Wildman–Crippen LogP) is 4.45. The van der Waals surface area contributed by atoms with E-state index in [1.807, 2.05) is 48.5 Å². The summed E-state index contributed by atoms with van der Waals surface area (Å²) in [4.78, 5) is 36.2. The van der Waals surface area contributed by atoms with Crippen molar-refractivity contribution < 1.29 is 9.53 Å². The van der Waals surface area contributed by atoms with E-state index in [9.17, 15) is 9.59 Å². The van der Waals surface area contributed by atoms with E-state index in [0.29, 0.717) is 19.6 Å². The molecule has 3 heterocycles. The number of rotatable bonds is 4. The van der Waals surface area contributed by atoms with Gasteiger partial charge >= 0.3 is 0 Å². The van der Waals surface area contributed by atoms with Crippen molar-refractivity contribution in [1.29, 1.82) is 0 Å². The fourth-order valence-corrected chi connectivity index (χ4v) is 5.35. The quantitative estimate of drug-likeness (QED) is 0.468. The number of carbonyl (C=O) groups excluding carboxylic acids is 1. The number of nitrogens with one attached hydrogen (secondary N) is 1. The molecular weight excluding hydrogens is 452 g/mol. The van der Waals surface area contributed by atoms with Crippen LogP contribution in [0.4, 0.5) is 0 Å². The van der Waals surface area contributed by atoms with Gasteiger partial charge in [0.1, 0.15) is 17.1 Å². The van der Waals surface area contributed by atoms with Crippen LogP contribution in [0.2, 0.25) is 0 Å². The van der Waals surface area contributed by atoms with Gasteiger partial charge in [-0.2, -0.15) is 0 Å². The SMILES string of the molecule is COc1cccc(-c2nc(-c3ccccc3)n3c2CN(C(=O)c2cc4c([nH]c2=O)CCCC4)CC3)c1. The third kappa shape index (κ3) is 3.90. The van der Waals surface area contributed by atoms with Crippen LogP contribution in [0.5, 0.6) is 5.75 Å². The van der Waals surface area contributed by atoms with Gasteiger partial charge in [0, 0.05) is 29.9 Å². The van der Waals surface area contributed by atoms with Crippen molar-refractivity contribution in [3.63, 3.8) is 0 Å². The smallest absolute Gasteiger partial charge is 0.261 e. The Hall–Kier alpha value is -4.13. The molecule has 0 bridgehead atoms. The number of imidazole rings is 1. The maximum absolute atomic E-state index is 13.6. The van der Waals surface area contributed by atoms with Gasteiger partial charge in [-0.05, 0) is 49.4 Å². The Bertz CT molecular complexity index is 1500. The van der Waals surface area contributed by atoms with Gasteiger partial charge in [0.05, 0.1) is 25.0 Å². The first-order valence-electron chi connectivity index (χ1n) is 12.5. The first-order valence-corrected chi connectivity index (χ1v) is 12.5. The van der Waals surface area contributed by atoms with Crippen molar-refractivity contribution in [2.45, 2.75) is 38.8 Å². The maximum Gasteiger partial charge on any atom is 0.261 e. The molecule has 0 saturated heterocycles. The summed E-state index contributed by atoms with van der Waals surface area (Å²) in [5, 5.41) is 0. The lowest BCUT2D eigenvalue weighted by Crippen LogP contribution is -2.40. The molecule has 0 fully saturated rings. The number of hydrogen-bond acceptors (Lipinski definition) is 4. The van der Waals surface area contributed by atoms with E-state index in [4.69, 9.17) is 9.72 Å². The van der Waals surface area contributed by atoms with E-state index in [0.717, 1.165) is 71.0 Å². The molecule has 7 heteroatoms. The summed E-state index contributed by atoms with van der Waals surface area (Å²) in [7, 11) is 1.65. The van der Waals surface area contributed by atoms with Gasteiger partial charge in [0.25, 0.3) is 11.5 Å². The number of pyridine rings is 1. The highest BCUT2D eigenvalue weighted by Crippen LogP contribution is 2.34.